The molecule has 0 amide bonds. The van der Waals surface area contributed by atoms with Gasteiger partial charge in [0.25, 0.3) is 0 Å². The maximum absolute atomic E-state index is 10.6. The zero-order valence-corrected chi connectivity index (χ0v) is 16.4. The summed E-state index contributed by atoms with van der Waals surface area (Å²) in [5, 5.41) is 0. The molecular weight excluding hydrogens is 303 g/mol. The first-order valence-electron chi connectivity index (χ1n) is 10.1. The van der Waals surface area contributed by atoms with Crippen LogP contribution in [0, 0.1) is 0 Å². The van der Waals surface area contributed by atoms with Crippen LogP contribution in [-0.4, -0.2) is 11.1 Å². The van der Waals surface area contributed by atoms with Crippen LogP contribution < -0.4 is 0 Å². The Morgan fingerprint density at radius 1 is 0.609 bits per heavy atom. The van der Waals surface area contributed by atoms with Gasteiger partial charge in [-0.05, 0) is 19.3 Å². The Labute approximate surface area is 146 Å². The molecule has 0 aromatic carbocycles. The highest BCUT2D eigenvalue weighted by Gasteiger charge is 1.96. The van der Waals surface area contributed by atoms with Gasteiger partial charge < -0.3 is 4.89 Å². The molecule has 0 aliphatic rings. The maximum Gasteiger partial charge on any atom is 0.189 e. The summed E-state index contributed by atoms with van der Waals surface area (Å²) in [4.78, 5) is 8.73. The largest absolute Gasteiger partial charge is 0.346 e. The standard InChI is InChI=1S/C20H41O2P/c1-2-3-4-5-6-7-8-9-10-11-12-13-14-15-16-17-18-19-20-23(21)22/h2,23H,1,3-20H2,(H,21,22). The van der Waals surface area contributed by atoms with E-state index < -0.39 is 8.03 Å². The monoisotopic (exact) mass is 344 g/mol. The molecule has 1 atom stereocenters. The Morgan fingerprint density at radius 2 is 0.913 bits per heavy atom. The molecule has 0 saturated heterocycles. The van der Waals surface area contributed by atoms with E-state index in [1.165, 1.54) is 96.3 Å². The summed E-state index contributed by atoms with van der Waals surface area (Å²) in [5.74, 6) is 0. The van der Waals surface area contributed by atoms with Crippen LogP contribution in [0.3, 0.4) is 0 Å². The van der Waals surface area contributed by atoms with Crippen LogP contribution in [0.4, 0.5) is 0 Å². The second-order valence-electron chi connectivity index (χ2n) is 6.88. The van der Waals surface area contributed by atoms with Crippen molar-refractivity contribution in [1.82, 2.24) is 0 Å². The summed E-state index contributed by atoms with van der Waals surface area (Å²) >= 11 is 0. The van der Waals surface area contributed by atoms with Gasteiger partial charge >= 0.3 is 0 Å². The van der Waals surface area contributed by atoms with E-state index in [-0.39, 0.29) is 0 Å². The van der Waals surface area contributed by atoms with Crippen LogP contribution in [0.15, 0.2) is 12.7 Å². The molecule has 0 rings (SSSR count). The lowest BCUT2D eigenvalue weighted by Crippen LogP contribution is -1.84. The van der Waals surface area contributed by atoms with Gasteiger partial charge in [-0.2, -0.15) is 0 Å². The summed E-state index contributed by atoms with van der Waals surface area (Å²) < 4.78 is 10.6. The van der Waals surface area contributed by atoms with Gasteiger partial charge in [0, 0.05) is 6.16 Å². The topological polar surface area (TPSA) is 37.3 Å². The van der Waals surface area contributed by atoms with Gasteiger partial charge in [0.1, 0.15) is 0 Å². The van der Waals surface area contributed by atoms with Crippen LogP contribution in [0.1, 0.15) is 109 Å². The Kier molecular flexibility index (Phi) is 19.9. The van der Waals surface area contributed by atoms with Gasteiger partial charge in [-0.15, -0.1) is 6.58 Å². The van der Waals surface area contributed by atoms with Crippen LogP contribution in [0.25, 0.3) is 0 Å². The second-order valence-corrected chi connectivity index (χ2v) is 8.17. The summed E-state index contributed by atoms with van der Waals surface area (Å²) in [5.41, 5.74) is 0. The van der Waals surface area contributed by atoms with Gasteiger partial charge in [0.05, 0.1) is 0 Å². The number of unbranched alkanes of at least 4 members (excludes halogenated alkanes) is 16. The summed E-state index contributed by atoms with van der Waals surface area (Å²) in [6.45, 7) is 3.76. The smallest absolute Gasteiger partial charge is 0.189 e. The van der Waals surface area contributed by atoms with E-state index in [0.29, 0.717) is 6.16 Å². The fourth-order valence-electron chi connectivity index (χ4n) is 3.04. The van der Waals surface area contributed by atoms with Crippen LogP contribution in [0.5, 0.6) is 0 Å². The molecule has 0 saturated carbocycles. The van der Waals surface area contributed by atoms with Crippen molar-refractivity contribution in [3.8, 4) is 0 Å². The molecule has 138 valence electrons. The Hall–Kier alpha value is -0.0700. The normalized spacial score (nSPS) is 12.4. The van der Waals surface area contributed by atoms with Crippen LogP contribution >= 0.6 is 8.03 Å². The van der Waals surface area contributed by atoms with Crippen LogP contribution in [0.2, 0.25) is 0 Å². The molecule has 0 bridgehead atoms. The van der Waals surface area contributed by atoms with Crippen molar-refractivity contribution >= 4 is 8.03 Å². The third-order valence-corrected chi connectivity index (χ3v) is 5.33. The van der Waals surface area contributed by atoms with E-state index in [1.807, 2.05) is 6.08 Å². The molecule has 0 heterocycles. The lowest BCUT2D eigenvalue weighted by atomic mass is 10.0. The molecule has 23 heavy (non-hydrogen) atoms. The minimum atomic E-state index is -2.21. The van der Waals surface area contributed by atoms with E-state index in [2.05, 4.69) is 6.58 Å². The molecule has 3 heteroatoms. The quantitative estimate of drug-likeness (QED) is 0.152. The molecule has 0 aromatic heterocycles. The fourth-order valence-corrected chi connectivity index (χ4v) is 3.59. The minimum Gasteiger partial charge on any atom is -0.346 e. The molecule has 0 fully saturated rings. The van der Waals surface area contributed by atoms with Crippen molar-refractivity contribution in [2.24, 2.45) is 0 Å². The maximum atomic E-state index is 10.6. The molecule has 0 aliphatic heterocycles. The van der Waals surface area contributed by atoms with Gasteiger partial charge in [-0.3, -0.25) is 4.57 Å². The third kappa shape index (κ3) is 21.9. The van der Waals surface area contributed by atoms with Gasteiger partial charge in [-0.25, -0.2) is 0 Å². The van der Waals surface area contributed by atoms with Gasteiger partial charge in [-0.1, -0.05) is 96.0 Å². The predicted octanol–water partition coefficient (Wildman–Crippen LogP) is 7.27. The van der Waals surface area contributed by atoms with Crippen molar-refractivity contribution < 1.29 is 9.46 Å². The van der Waals surface area contributed by atoms with Crippen molar-refractivity contribution in [2.45, 2.75) is 109 Å². The Balaban J connectivity index is 2.97. The van der Waals surface area contributed by atoms with E-state index in [0.717, 1.165) is 12.8 Å². The number of hydrogen-bond acceptors (Lipinski definition) is 1. The van der Waals surface area contributed by atoms with E-state index in [4.69, 9.17) is 4.89 Å². The van der Waals surface area contributed by atoms with Gasteiger partial charge in [0.15, 0.2) is 8.03 Å². The highest BCUT2D eigenvalue weighted by Crippen LogP contribution is 2.17. The Morgan fingerprint density at radius 3 is 1.22 bits per heavy atom. The number of rotatable bonds is 19. The molecule has 2 nitrogen and oxygen atoms in total. The molecule has 0 radical (unpaired) electrons. The predicted molar refractivity (Wildman–Crippen MR) is 105 cm³/mol. The molecule has 0 spiro atoms. The molecule has 0 aliphatic carbocycles. The van der Waals surface area contributed by atoms with Gasteiger partial charge in [0.2, 0.25) is 0 Å². The number of allylic oxidation sites excluding steroid dienone is 1. The summed E-state index contributed by atoms with van der Waals surface area (Å²) in [6, 6.07) is 0. The highest BCUT2D eigenvalue weighted by molar-refractivity contribution is 7.37. The van der Waals surface area contributed by atoms with Crippen LogP contribution in [-0.2, 0) is 4.57 Å². The minimum absolute atomic E-state index is 0.527. The average molecular weight is 345 g/mol. The van der Waals surface area contributed by atoms with Crippen molar-refractivity contribution in [3.05, 3.63) is 12.7 Å². The highest BCUT2D eigenvalue weighted by atomic mass is 31.1. The first kappa shape index (κ1) is 22.9. The third-order valence-electron chi connectivity index (χ3n) is 4.55. The second kappa shape index (κ2) is 20.0. The molecule has 0 aromatic rings. The molecular formula is C20H41O2P. The fraction of sp³-hybridized carbons (Fsp3) is 0.900. The summed E-state index contributed by atoms with van der Waals surface area (Å²) in [6.07, 6.45) is 25.1. The zero-order chi connectivity index (χ0) is 17.0. The van der Waals surface area contributed by atoms with E-state index in [9.17, 15) is 4.57 Å². The zero-order valence-electron chi connectivity index (χ0n) is 15.4. The molecule has 1 unspecified atom stereocenters. The van der Waals surface area contributed by atoms with E-state index in [1.54, 1.807) is 0 Å². The van der Waals surface area contributed by atoms with Crippen molar-refractivity contribution in [2.75, 3.05) is 6.16 Å². The summed E-state index contributed by atoms with van der Waals surface area (Å²) in [7, 11) is -2.21. The lowest BCUT2D eigenvalue weighted by Gasteiger charge is -2.03. The SMILES string of the molecule is C=CCCCCCCCCCCCCCCCCCC[PH](=O)O. The average Bonchev–Trinajstić information content (AvgIpc) is 2.53. The first-order valence-corrected chi connectivity index (χ1v) is 11.7. The lowest BCUT2D eigenvalue weighted by molar-refractivity contribution is 0.497. The molecule has 1 N–H and O–H groups in total. The Bertz CT molecular complexity index is 266. The number of hydrogen-bond donors (Lipinski definition) is 1. The van der Waals surface area contributed by atoms with E-state index >= 15 is 0 Å². The van der Waals surface area contributed by atoms with Crippen molar-refractivity contribution in [3.63, 3.8) is 0 Å². The first-order chi connectivity index (χ1) is 11.3. The van der Waals surface area contributed by atoms with Crippen molar-refractivity contribution in [1.29, 1.82) is 0 Å².